The Kier molecular flexibility index (Phi) is 3.87. The van der Waals surface area contributed by atoms with Crippen LogP contribution in [0.1, 0.15) is 26.2 Å². The van der Waals surface area contributed by atoms with E-state index in [2.05, 4.69) is 6.92 Å². The van der Waals surface area contributed by atoms with Crippen molar-refractivity contribution in [2.24, 2.45) is 17.6 Å². The maximum Gasteiger partial charge on any atom is 0.0503 e. The molecule has 2 N–H and O–H groups in total. The number of ether oxygens (including phenoxy) is 1. The predicted octanol–water partition coefficient (Wildman–Crippen LogP) is 1.40. The van der Waals surface area contributed by atoms with Crippen molar-refractivity contribution >= 4 is 0 Å². The molecule has 2 heteroatoms. The van der Waals surface area contributed by atoms with Gasteiger partial charge in [-0.1, -0.05) is 19.8 Å². The molecule has 1 saturated carbocycles. The summed E-state index contributed by atoms with van der Waals surface area (Å²) in [5.74, 6) is 1.51. The van der Waals surface area contributed by atoms with Crippen molar-refractivity contribution in [3.63, 3.8) is 0 Å². The van der Waals surface area contributed by atoms with Gasteiger partial charge in [0.05, 0.1) is 6.61 Å². The Balaban J connectivity index is 1.79. The molecule has 11 heavy (non-hydrogen) atoms. The van der Waals surface area contributed by atoms with Gasteiger partial charge < -0.3 is 10.5 Å². The van der Waals surface area contributed by atoms with Gasteiger partial charge in [-0.2, -0.15) is 0 Å². The lowest BCUT2D eigenvalue weighted by atomic mass is 10.2. The molecular formula is C9H19NO. The molecule has 0 amide bonds. The second-order valence-corrected chi connectivity index (χ2v) is 3.65. The van der Waals surface area contributed by atoms with Crippen molar-refractivity contribution in [2.45, 2.75) is 26.2 Å². The molecular weight excluding hydrogens is 138 g/mol. The van der Waals surface area contributed by atoms with Crippen molar-refractivity contribution in [1.82, 2.24) is 0 Å². The van der Waals surface area contributed by atoms with Crippen LogP contribution in [0.2, 0.25) is 0 Å². The normalized spacial score (nSPS) is 20.2. The van der Waals surface area contributed by atoms with Crippen LogP contribution >= 0.6 is 0 Å². The average Bonchev–Trinajstić information content (AvgIpc) is 2.81. The van der Waals surface area contributed by atoms with Crippen LogP contribution in [0.15, 0.2) is 0 Å². The Labute approximate surface area is 69.1 Å². The van der Waals surface area contributed by atoms with E-state index in [0.29, 0.717) is 5.92 Å². The third-order valence-electron chi connectivity index (χ3n) is 2.17. The minimum Gasteiger partial charge on any atom is -0.381 e. The van der Waals surface area contributed by atoms with Crippen LogP contribution < -0.4 is 5.73 Å². The quantitative estimate of drug-likeness (QED) is 0.591. The van der Waals surface area contributed by atoms with E-state index in [4.69, 9.17) is 10.5 Å². The number of hydrogen-bond donors (Lipinski definition) is 1. The zero-order chi connectivity index (χ0) is 8.10. The third kappa shape index (κ3) is 4.38. The fourth-order valence-electron chi connectivity index (χ4n) is 1.01. The molecule has 0 aromatic carbocycles. The first-order chi connectivity index (χ1) is 5.33. The summed E-state index contributed by atoms with van der Waals surface area (Å²) in [5.41, 5.74) is 5.45. The SMILES string of the molecule is CC(CN)COCCC1CC1. The molecule has 0 bridgehead atoms. The lowest BCUT2D eigenvalue weighted by Crippen LogP contribution is -2.16. The van der Waals surface area contributed by atoms with Crippen LogP contribution in [0.5, 0.6) is 0 Å². The molecule has 1 fully saturated rings. The summed E-state index contributed by atoms with van der Waals surface area (Å²) < 4.78 is 5.46. The highest BCUT2D eigenvalue weighted by molar-refractivity contribution is 4.72. The zero-order valence-corrected chi connectivity index (χ0v) is 7.38. The highest BCUT2D eigenvalue weighted by Crippen LogP contribution is 2.32. The highest BCUT2D eigenvalue weighted by atomic mass is 16.5. The molecule has 66 valence electrons. The minimum absolute atomic E-state index is 0.522. The van der Waals surface area contributed by atoms with Gasteiger partial charge in [0.15, 0.2) is 0 Å². The van der Waals surface area contributed by atoms with Gasteiger partial charge in [-0.15, -0.1) is 0 Å². The molecule has 1 atom stereocenters. The largest absolute Gasteiger partial charge is 0.381 e. The summed E-state index contributed by atoms with van der Waals surface area (Å²) in [6.07, 6.45) is 4.11. The molecule has 1 unspecified atom stereocenters. The molecule has 0 spiro atoms. The number of rotatable bonds is 6. The average molecular weight is 157 g/mol. The summed E-state index contributed by atoms with van der Waals surface area (Å²) in [6.45, 7) is 4.64. The van der Waals surface area contributed by atoms with E-state index in [1.807, 2.05) is 0 Å². The molecule has 0 aliphatic heterocycles. The Bertz CT molecular complexity index is 102. The van der Waals surface area contributed by atoms with Crippen LogP contribution in [0.4, 0.5) is 0 Å². The van der Waals surface area contributed by atoms with E-state index in [1.54, 1.807) is 0 Å². The maximum absolute atomic E-state index is 5.46. The van der Waals surface area contributed by atoms with Gasteiger partial charge in [-0.3, -0.25) is 0 Å². The van der Waals surface area contributed by atoms with Gasteiger partial charge in [0.25, 0.3) is 0 Å². The van der Waals surface area contributed by atoms with Gasteiger partial charge >= 0.3 is 0 Å². The van der Waals surface area contributed by atoms with E-state index in [1.165, 1.54) is 19.3 Å². The topological polar surface area (TPSA) is 35.2 Å². The lowest BCUT2D eigenvalue weighted by molar-refractivity contribution is 0.102. The van der Waals surface area contributed by atoms with Crippen LogP contribution in [0.3, 0.4) is 0 Å². The van der Waals surface area contributed by atoms with Crippen molar-refractivity contribution in [1.29, 1.82) is 0 Å². The van der Waals surface area contributed by atoms with Crippen molar-refractivity contribution in [3.8, 4) is 0 Å². The van der Waals surface area contributed by atoms with E-state index < -0.39 is 0 Å². The second-order valence-electron chi connectivity index (χ2n) is 3.65. The first-order valence-corrected chi connectivity index (χ1v) is 4.60. The minimum atomic E-state index is 0.522. The predicted molar refractivity (Wildman–Crippen MR) is 46.4 cm³/mol. The molecule has 0 saturated heterocycles. The van der Waals surface area contributed by atoms with Crippen LogP contribution in [0.25, 0.3) is 0 Å². The van der Waals surface area contributed by atoms with Gasteiger partial charge in [0, 0.05) is 6.61 Å². The van der Waals surface area contributed by atoms with E-state index >= 15 is 0 Å². The van der Waals surface area contributed by atoms with Crippen molar-refractivity contribution < 1.29 is 4.74 Å². The van der Waals surface area contributed by atoms with Gasteiger partial charge in [-0.25, -0.2) is 0 Å². The summed E-state index contributed by atoms with van der Waals surface area (Å²) in [4.78, 5) is 0. The second kappa shape index (κ2) is 4.73. The van der Waals surface area contributed by atoms with Gasteiger partial charge in [0.1, 0.15) is 0 Å². The molecule has 0 aromatic heterocycles. The molecule has 1 aliphatic rings. The first-order valence-electron chi connectivity index (χ1n) is 4.60. The molecule has 1 aliphatic carbocycles. The number of hydrogen-bond acceptors (Lipinski definition) is 2. The Hall–Kier alpha value is -0.0800. The Morgan fingerprint density at radius 3 is 2.82 bits per heavy atom. The van der Waals surface area contributed by atoms with E-state index in [0.717, 1.165) is 25.7 Å². The third-order valence-corrected chi connectivity index (χ3v) is 2.17. The zero-order valence-electron chi connectivity index (χ0n) is 7.38. The van der Waals surface area contributed by atoms with Crippen molar-refractivity contribution in [3.05, 3.63) is 0 Å². The van der Waals surface area contributed by atoms with E-state index in [9.17, 15) is 0 Å². The number of nitrogens with two attached hydrogens (primary N) is 1. The standard InChI is InChI=1S/C9H19NO/c1-8(6-10)7-11-5-4-9-2-3-9/h8-9H,2-7,10H2,1H3. The molecule has 1 rings (SSSR count). The van der Waals surface area contributed by atoms with Crippen LogP contribution in [-0.2, 0) is 4.74 Å². The molecule has 2 nitrogen and oxygen atoms in total. The fraction of sp³-hybridized carbons (Fsp3) is 1.00. The van der Waals surface area contributed by atoms with Crippen molar-refractivity contribution in [2.75, 3.05) is 19.8 Å². The summed E-state index contributed by atoms with van der Waals surface area (Å²) in [7, 11) is 0. The maximum atomic E-state index is 5.46. The monoisotopic (exact) mass is 157 g/mol. The summed E-state index contributed by atoms with van der Waals surface area (Å²) in [6, 6.07) is 0. The molecule has 0 heterocycles. The van der Waals surface area contributed by atoms with E-state index in [-0.39, 0.29) is 0 Å². The Morgan fingerprint density at radius 2 is 2.27 bits per heavy atom. The van der Waals surface area contributed by atoms with Crippen LogP contribution in [-0.4, -0.2) is 19.8 Å². The van der Waals surface area contributed by atoms with Gasteiger partial charge in [-0.05, 0) is 24.8 Å². The smallest absolute Gasteiger partial charge is 0.0503 e. The summed E-state index contributed by atoms with van der Waals surface area (Å²) in [5, 5.41) is 0. The Morgan fingerprint density at radius 1 is 1.55 bits per heavy atom. The fourth-order valence-corrected chi connectivity index (χ4v) is 1.01. The molecule has 0 aromatic rings. The summed E-state index contributed by atoms with van der Waals surface area (Å²) >= 11 is 0. The molecule has 0 radical (unpaired) electrons. The van der Waals surface area contributed by atoms with Gasteiger partial charge in [0.2, 0.25) is 0 Å². The first kappa shape index (κ1) is 9.01. The lowest BCUT2D eigenvalue weighted by Gasteiger charge is -2.08. The highest BCUT2D eigenvalue weighted by Gasteiger charge is 2.20. The van der Waals surface area contributed by atoms with Crippen LogP contribution in [0, 0.1) is 11.8 Å².